The Morgan fingerprint density at radius 1 is 0.839 bits per heavy atom. The van der Waals surface area contributed by atoms with Gasteiger partial charge in [0.25, 0.3) is 5.91 Å². The van der Waals surface area contributed by atoms with Crippen LogP contribution in [0.4, 0.5) is 0 Å². The van der Waals surface area contributed by atoms with Crippen molar-refractivity contribution in [1.29, 1.82) is 0 Å². The zero-order chi connectivity index (χ0) is 22.2. The number of hydrogen-bond acceptors (Lipinski definition) is 4. The number of methoxy groups -OCH3 is 3. The average molecular weight is 418 g/mol. The lowest BCUT2D eigenvalue weighted by Crippen LogP contribution is -2.27. The van der Waals surface area contributed by atoms with Crippen molar-refractivity contribution in [3.05, 3.63) is 89.5 Å². The van der Waals surface area contributed by atoms with Crippen molar-refractivity contribution >= 4 is 17.6 Å². The zero-order valence-corrected chi connectivity index (χ0v) is 18.2. The topological polar surface area (TPSA) is 56.8 Å². The van der Waals surface area contributed by atoms with Gasteiger partial charge in [-0.1, -0.05) is 42.5 Å². The van der Waals surface area contributed by atoms with Crippen molar-refractivity contribution < 1.29 is 19.0 Å². The molecule has 5 nitrogen and oxygen atoms in total. The van der Waals surface area contributed by atoms with E-state index in [1.807, 2.05) is 85.8 Å². The van der Waals surface area contributed by atoms with Crippen LogP contribution in [0.25, 0.3) is 11.6 Å². The van der Waals surface area contributed by atoms with Gasteiger partial charge in [0.2, 0.25) is 0 Å². The summed E-state index contributed by atoms with van der Waals surface area (Å²) < 4.78 is 16.0. The van der Waals surface area contributed by atoms with E-state index >= 15 is 0 Å². The van der Waals surface area contributed by atoms with Crippen LogP contribution >= 0.6 is 0 Å². The SMILES string of the molecule is COc1ccc(/C=C(/C(=O)NC(C)c2cc(OC)ccc2OC)c2ccccc2)cc1. The molecule has 0 aliphatic carbocycles. The summed E-state index contributed by atoms with van der Waals surface area (Å²) in [6, 6.07) is 22.4. The van der Waals surface area contributed by atoms with Gasteiger partial charge in [0.15, 0.2) is 0 Å². The molecule has 0 aliphatic heterocycles. The minimum Gasteiger partial charge on any atom is -0.497 e. The van der Waals surface area contributed by atoms with E-state index in [0.29, 0.717) is 17.1 Å². The Kier molecular flexibility index (Phi) is 7.33. The Labute approximate surface area is 183 Å². The van der Waals surface area contributed by atoms with E-state index in [0.717, 1.165) is 22.4 Å². The van der Waals surface area contributed by atoms with Crippen LogP contribution in [0.1, 0.15) is 29.7 Å². The summed E-state index contributed by atoms with van der Waals surface area (Å²) in [4.78, 5) is 13.3. The van der Waals surface area contributed by atoms with Crippen molar-refractivity contribution in [2.45, 2.75) is 13.0 Å². The van der Waals surface area contributed by atoms with E-state index in [2.05, 4.69) is 5.32 Å². The first-order chi connectivity index (χ1) is 15.0. The number of hydrogen-bond donors (Lipinski definition) is 1. The summed E-state index contributed by atoms with van der Waals surface area (Å²) >= 11 is 0. The predicted octanol–water partition coefficient (Wildman–Crippen LogP) is 5.13. The molecule has 0 bridgehead atoms. The minimum absolute atomic E-state index is 0.181. The highest BCUT2D eigenvalue weighted by molar-refractivity contribution is 6.24. The molecule has 3 aromatic carbocycles. The Hall–Kier alpha value is -3.73. The molecule has 5 heteroatoms. The number of benzene rings is 3. The summed E-state index contributed by atoms with van der Waals surface area (Å²) in [5.74, 6) is 1.98. The molecule has 0 heterocycles. The third-order valence-electron chi connectivity index (χ3n) is 5.01. The number of amides is 1. The van der Waals surface area contributed by atoms with Gasteiger partial charge in [0, 0.05) is 11.1 Å². The van der Waals surface area contributed by atoms with E-state index in [9.17, 15) is 4.79 Å². The highest BCUT2D eigenvalue weighted by atomic mass is 16.5. The molecule has 0 saturated heterocycles. The summed E-state index contributed by atoms with van der Waals surface area (Å²) in [6.45, 7) is 1.92. The van der Waals surface area contributed by atoms with Crippen LogP contribution in [0.15, 0.2) is 72.8 Å². The van der Waals surface area contributed by atoms with Crippen LogP contribution in [0.2, 0.25) is 0 Å². The Bertz CT molecular complexity index is 1040. The van der Waals surface area contributed by atoms with Gasteiger partial charge in [-0.15, -0.1) is 0 Å². The third-order valence-corrected chi connectivity index (χ3v) is 5.01. The van der Waals surface area contributed by atoms with Gasteiger partial charge < -0.3 is 19.5 Å². The number of rotatable bonds is 8. The third kappa shape index (κ3) is 5.45. The molecule has 0 aromatic heterocycles. The molecule has 3 aromatic rings. The Morgan fingerprint density at radius 3 is 2.10 bits per heavy atom. The van der Waals surface area contributed by atoms with Crippen molar-refractivity contribution in [1.82, 2.24) is 5.32 Å². The van der Waals surface area contributed by atoms with Crippen molar-refractivity contribution in [3.63, 3.8) is 0 Å². The molecule has 0 radical (unpaired) electrons. The summed E-state index contributed by atoms with van der Waals surface area (Å²) in [5, 5.41) is 3.10. The van der Waals surface area contributed by atoms with Crippen molar-refractivity contribution in [2.75, 3.05) is 21.3 Å². The van der Waals surface area contributed by atoms with Gasteiger partial charge in [0.05, 0.1) is 27.4 Å². The van der Waals surface area contributed by atoms with Crippen LogP contribution in [-0.2, 0) is 4.79 Å². The maximum absolute atomic E-state index is 13.3. The van der Waals surface area contributed by atoms with E-state index in [-0.39, 0.29) is 11.9 Å². The first-order valence-corrected chi connectivity index (χ1v) is 9.99. The van der Waals surface area contributed by atoms with Crippen LogP contribution in [-0.4, -0.2) is 27.2 Å². The lowest BCUT2D eigenvalue weighted by Gasteiger charge is -2.19. The van der Waals surface area contributed by atoms with Crippen LogP contribution in [0, 0.1) is 0 Å². The second kappa shape index (κ2) is 10.3. The molecule has 1 unspecified atom stereocenters. The van der Waals surface area contributed by atoms with Gasteiger partial charge in [-0.05, 0) is 54.5 Å². The first-order valence-electron chi connectivity index (χ1n) is 9.99. The Balaban J connectivity index is 1.93. The molecule has 31 heavy (non-hydrogen) atoms. The summed E-state index contributed by atoms with van der Waals surface area (Å²) in [6.07, 6.45) is 1.87. The lowest BCUT2D eigenvalue weighted by molar-refractivity contribution is -0.116. The molecular weight excluding hydrogens is 390 g/mol. The molecule has 160 valence electrons. The fourth-order valence-corrected chi connectivity index (χ4v) is 3.29. The molecule has 0 fully saturated rings. The predicted molar refractivity (Wildman–Crippen MR) is 123 cm³/mol. The Morgan fingerprint density at radius 2 is 1.48 bits per heavy atom. The van der Waals surface area contributed by atoms with Crippen molar-refractivity contribution in [2.24, 2.45) is 0 Å². The first kappa shape index (κ1) is 22.0. The smallest absolute Gasteiger partial charge is 0.252 e. The maximum Gasteiger partial charge on any atom is 0.252 e. The number of nitrogens with one attached hydrogen (secondary N) is 1. The number of carbonyl (C=O) groups excluding carboxylic acids is 1. The average Bonchev–Trinajstić information content (AvgIpc) is 2.82. The largest absolute Gasteiger partial charge is 0.497 e. The second-order valence-electron chi connectivity index (χ2n) is 7.00. The zero-order valence-electron chi connectivity index (χ0n) is 18.2. The van der Waals surface area contributed by atoms with Crippen molar-refractivity contribution in [3.8, 4) is 17.2 Å². The second-order valence-corrected chi connectivity index (χ2v) is 7.00. The van der Waals surface area contributed by atoms with Gasteiger partial charge >= 0.3 is 0 Å². The minimum atomic E-state index is -0.291. The molecule has 3 rings (SSSR count). The standard InChI is InChI=1S/C26H27NO4/c1-18(23-17-22(30-3)14-15-25(23)31-4)27-26(28)24(20-8-6-5-7-9-20)16-19-10-12-21(29-2)13-11-19/h5-18H,1-4H3,(H,27,28)/b24-16+. The van der Waals surface area contributed by atoms with E-state index < -0.39 is 0 Å². The van der Waals surface area contributed by atoms with Gasteiger partial charge in [-0.3, -0.25) is 4.79 Å². The number of ether oxygens (including phenoxy) is 3. The molecule has 1 amide bonds. The van der Waals surface area contributed by atoms with Crippen LogP contribution < -0.4 is 19.5 Å². The van der Waals surface area contributed by atoms with E-state index in [1.54, 1.807) is 21.3 Å². The van der Waals surface area contributed by atoms with E-state index in [1.165, 1.54) is 0 Å². The fourth-order valence-electron chi connectivity index (χ4n) is 3.29. The molecular formula is C26H27NO4. The van der Waals surface area contributed by atoms with Crippen LogP contribution in [0.3, 0.4) is 0 Å². The highest BCUT2D eigenvalue weighted by Crippen LogP contribution is 2.30. The number of carbonyl (C=O) groups is 1. The molecule has 1 atom stereocenters. The van der Waals surface area contributed by atoms with E-state index in [4.69, 9.17) is 14.2 Å². The fraction of sp³-hybridized carbons (Fsp3) is 0.192. The monoisotopic (exact) mass is 417 g/mol. The highest BCUT2D eigenvalue weighted by Gasteiger charge is 2.19. The maximum atomic E-state index is 13.3. The molecule has 0 aliphatic rings. The van der Waals surface area contributed by atoms with Gasteiger partial charge in [-0.25, -0.2) is 0 Å². The van der Waals surface area contributed by atoms with Gasteiger partial charge in [-0.2, -0.15) is 0 Å². The summed E-state index contributed by atoms with van der Waals surface area (Å²) in [7, 11) is 4.85. The molecule has 0 saturated carbocycles. The molecule has 0 spiro atoms. The lowest BCUT2D eigenvalue weighted by atomic mass is 10.0. The van der Waals surface area contributed by atoms with Gasteiger partial charge in [0.1, 0.15) is 17.2 Å². The van der Waals surface area contributed by atoms with Crippen LogP contribution in [0.5, 0.6) is 17.2 Å². The molecule has 1 N–H and O–H groups in total. The summed E-state index contributed by atoms with van der Waals surface area (Å²) in [5.41, 5.74) is 3.15. The normalized spacial score (nSPS) is 12.1. The quantitative estimate of drug-likeness (QED) is 0.408.